The fraction of sp³-hybridized carbons (Fsp3) is 0.333. The number of nitrogen functional groups attached to an aromatic ring is 1. The molecular formula is C15H19N3O2. The van der Waals surface area contributed by atoms with Crippen LogP contribution in [0.15, 0.2) is 35.4 Å². The zero-order chi connectivity index (χ0) is 14.7. The van der Waals surface area contributed by atoms with Gasteiger partial charge in [0.25, 0.3) is 5.88 Å². The molecule has 1 heterocycles. The normalized spacial score (nSPS) is 10.8. The molecule has 1 aromatic carbocycles. The summed E-state index contributed by atoms with van der Waals surface area (Å²) in [7, 11) is 0. The van der Waals surface area contributed by atoms with Gasteiger partial charge in [-0.25, -0.2) is 4.98 Å². The Balaban J connectivity index is 2.37. The number of para-hydroxylation sites is 1. The average molecular weight is 273 g/mol. The Bertz CT molecular complexity index is 642. The quantitative estimate of drug-likeness (QED) is 0.869. The molecule has 0 aliphatic rings. The van der Waals surface area contributed by atoms with E-state index in [0.29, 0.717) is 23.9 Å². The molecule has 0 aliphatic heterocycles. The van der Waals surface area contributed by atoms with Gasteiger partial charge in [-0.3, -0.25) is 4.79 Å². The SMILES string of the molecule is Cc1cccc(N)c1Oc1nccn(CC(C)C)c1=O. The Labute approximate surface area is 118 Å². The highest BCUT2D eigenvalue weighted by atomic mass is 16.5. The van der Waals surface area contributed by atoms with Gasteiger partial charge in [0.15, 0.2) is 5.75 Å². The summed E-state index contributed by atoms with van der Waals surface area (Å²) in [6.07, 6.45) is 3.23. The minimum Gasteiger partial charge on any atom is -0.432 e. The third kappa shape index (κ3) is 2.99. The Morgan fingerprint density at radius 1 is 1.40 bits per heavy atom. The van der Waals surface area contributed by atoms with Crippen LogP contribution in [-0.2, 0) is 6.54 Å². The largest absolute Gasteiger partial charge is 0.432 e. The number of hydrogen-bond acceptors (Lipinski definition) is 4. The lowest BCUT2D eigenvalue weighted by molar-refractivity contribution is 0.432. The second kappa shape index (κ2) is 5.77. The van der Waals surface area contributed by atoms with Crippen LogP contribution >= 0.6 is 0 Å². The summed E-state index contributed by atoms with van der Waals surface area (Å²) >= 11 is 0. The van der Waals surface area contributed by atoms with Crippen LogP contribution in [0.4, 0.5) is 5.69 Å². The smallest absolute Gasteiger partial charge is 0.313 e. The Hall–Kier alpha value is -2.30. The fourth-order valence-corrected chi connectivity index (χ4v) is 1.95. The number of aryl methyl sites for hydroxylation is 1. The average Bonchev–Trinajstić information content (AvgIpc) is 2.37. The van der Waals surface area contributed by atoms with Crippen LogP contribution in [0.1, 0.15) is 19.4 Å². The van der Waals surface area contributed by atoms with E-state index in [-0.39, 0.29) is 11.4 Å². The van der Waals surface area contributed by atoms with Crippen molar-refractivity contribution in [1.82, 2.24) is 9.55 Å². The number of nitrogens with zero attached hydrogens (tertiary/aromatic N) is 2. The van der Waals surface area contributed by atoms with Crippen molar-refractivity contribution in [3.8, 4) is 11.6 Å². The molecule has 0 bridgehead atoms. The van der Waals surface area contributed by atoms with E-state index >= 15 is 0 Å². The van der Waals surface area contributed by atoms with Gasteiger partial charge in [-0.15, -0.1) is 0 Å². The maximum atomic E-state index is 12.3. The number of rotatable bonds is 4. The first-order valence-corrected chi connectivity index (χ1v) is 6.57. The van der Waals surface area contributed by atoms with Crippen LogP contribution in [0.2, 0.25) is 0 Å². The monoisotopic (exact) mass is 273 g/mol. The van der Waals surface area contributed by atoms with Crippen molar-refractivity contribution in [2.75, 3.05) is 5.73 Å². The van der Waals surface area contributed by atoms with Crippen molar-refractivity contribution in [3.63, 3.8) is 0 Å². The predicted octanol–water partition coefficient (Wildman–Crippen LogP) is 2.58. The van der Waals surface area contributed by atoms with Crippen LogP contribution in [-0.4, -0.2) is 9.55 Å². The summed E-state index contributed by atoms with van der Waals surface area (Å²) in [6, 6.07) is 5.45. The van der Waals surface area contributed by atoms with Crippen LogP contribution in [0.25, 0.3) is 0 Å². The van der Waals surface area contributed by atoms with Crippen LogP contribution in [0.3, 0.4) is 0 Å². The Morgan fingerprint density at radius 3 is 2.80 bits per heavy atom. The van der Waals surface area contributed by atoms with Crippen LogP contribution in [0.5, 0.6) is 11.6 Å². The van der Waals surface area contributed by atoms with Gasteiger partial charge in [0, 0.05) is 18.9 Å². The highest BCUT2D eigenvalue weighted by molar-refractivity contribution is 5.57. The molecule has 2 N–H and O–H groups in total. The zero-order valence-corrected chi connectivity index (χ0v) is 12.0. The predicted molar refractivity (Wildman–Crippen MR) is 79.0 cm³/mol. The lowest BCUT2D eigenvalue weighted by Gasteiger charge is -2.12. The topological polar surface area (TPSA) is 70.1 Å². The maximum absolute atomic E-state index is 12.3. The van der Waals surface area contributed by atoms with E-state index in [0.717, 1.165) is 5.56 Å². The van der Waals surface area contributed by atoms with Crippen molar-refractivity contribution >= 4 is 5.69 Å². The van der Waals surface area contributed by atoms with E-state index in [1.807, 2.05) is 32.9 Å². The van der Waals surface area contributed by atoms with Crippen LogP contribution < -0.4 is 16.0 Å². The molecule has 0 fully saturated rings. The van der Waals surface area contributed by atoms with E-state index in [2.05, 4.69) is 4.98 Å². The zero-order valence-electron chi connectivity index (χ0n) is 12.0. The molecule has 5 nitrogen and oxygen atoms in total. The number of ether oxygens (including phenoxy) is 1. The van der Waals surface area contributed by atoms with E-state index in [1.54, 1.807) is 23.0 Å². The van der Waals surface area contributed by atoms with Crippen molar-refractivity contribution in [2.24, 2.45) is 5.92 Å². The number of nitrogens with two attached hydrogens (primary N) is 1. The van der Waals surface area contributed by atoms with Gasteiger partial charge < -0.3 is 15.0 Å². The highest BCUT2D eigenvalue weighted by Crippen LogP contribution is 2.28. The summed E-state index contributed by atoms with van der Waals surface area (Å²) in [5, 5.41) is 0. The molecule has 5 heteroatoms. The van der Waals surface area contributed by atoms with E-state index in [1.165, 1.54) is 0 Å². The standard InChI is InChI=1S/C15H19N3O2/c1-10(2)9-18-8-7-17-14(15(18)19)20-13-11(3)5-4-6-12(13)16/h4-8,10H,9,16H2,1-3H3. The summed E-state index contributed by atoms with van der Waals surface area (Å²) in [6.45, 7) is 6.60. The number of hydrogen-bond donors (Lipinski definition) is 1. The molecule has 0 spiro atoms. The third-order valence-corrected chi connectivity index (χ3v) is 2.89. The summed E-state index contributed by atoms with van der Waals surface area (Å²) in [5.41, 5.74) is 6.99. The highest BCUT2D eigenvalue weighted by Gasteiger charge is 2.11. The molecule has 0 saturated carbocycles. The lowest BCUT2D eigenvalue weighted by atomic mass is 10.2. The number of benzene rings is 1. The molecule has 0 aliphatic carbocycles. The van der Waals surface area contributed by atoms with E-state index in [4.69, 9.17) is 10.5 Å². The van der Waals surface area contributed by atoms with Crippen molar-refractivity contribution in [3.05, 3.63) is 46.5 Å². The maximum Gasteiger partial charge on any atom is 0.313 e. The number of anilines is 1. The molecule has 0 unspecified atom stereocenters. The molecule has 2 rings (SSSR count). The van der Waals surface area contributed by atoms with Crippen molar-refractivity contribution in [1.29, 1.82) is 0 Å². The van der Waals surface area contributed by atoms with Crippen molar-refractivity contribution < 1.29 is 4.74 Å². The van der Waals surface area contributed by atoms with E-state index < -0.39 is 0 Å². The second-order valence-electron chi connectivity index (χ2n) is 5.18. The summed E-state index contributed by atoms with van der Waals surface area (Å²) in [4.78, 5) is 16.3. The Kier molecular flexibility index (Phi) is 4.08. The van der Waals surface area contributed by atoms with Gasteiger partial charge in [0.1, 0.15) is 0 Å². The number of aromatic nitrogens is 2. The minimum atomic E-state index is -0.246. The first kappa shape index (κ1) is 14.1. The van der Waals surface area contributed by atoms with Gasteiger partial charge >= 0.3 is 5.56 Å². The molecule has 20 heavy (non-hydrogen) atoms. The molecular weight excluding hydrogens is 254 g/mol. The summed E-state index contributed by atoms with van der Waals surface area (Å²) in [5.74, 6) is 0.903. The fourth-order valence-electron chi connectivity index (χ4n) is 1.95. The first-order chi connectivity index (χ1) is 9.49. The molecule has 2 aromatic rings. The summed E-state index contributed by atoms with van der Waals surface area (Å²) < 4.78 is 7.22. The molecule has 0 radical (unpaired) electrons. The van der Waals surface area contributed by atoms with E-state index in [9.17, 15) is 4.79 Å². The lowest BCUT2D eigenvalue weighted by Crippen LogP contribution is -2.23. The van der Waals surface area contributed by atoms with Gasteiger partial charge in [-0.05, 0) is 24.5 Å². The molecule has 0 atom stereocenters. The van der Waals surface area contributed by atoms with Crippen LogP contribution in [0, 0.1) is 12.8 Å². The first-order valence-electron chi connectivity index (χ1n) is 6.57. The van der Waals surface area contributed by atoms with Gasteiger partial charge in [-0.1, -0.05) is 26.0 Å². The third-order valence-electron chi connectivity index (χ3n) is 2.89. The van der Waals surface area contributed by atoms with Gasteiger partial charge in [-0.2, -0.15) is 0 Å². The minimum absolute atomic E-state index is 0.0501. The molecule has 0 amide bonds. The van der Waals surface area contributed by atoms with Crippen molar-refractivity contribution in [2.45, 2.75) is 27.3 Å². The molecule has 106 valence electrons. The van der Waals surface area contributed by atoms with Gasteiger partial charge in [0.05, 0.1) is 5.69 Å². The Morgan fingerprint density at radius 2 is 2.15 bits per heavy atom. The molecule has 0 saturated heterocycles. The van der Waals surface area contributed by atoms with Gasteiger partial charge in [0.2, 0.25) is 0 Å². The second-order valence-corrected chi connectivity index (χ2v) is 5.18. The molecule has 1 aromatic heterocycles.